The van der Waals surface area contributed by atoms with Gasteiger partial charge in [0.15, 0.2) is 0 Å². The van der Waals surface area contributed by atoms with Gasteiger partial charge >= 0.3 is 91.0 Å². The molecule has 0 amide bonds. The van der Waals surface area contributed by atoms with Crippen LogP contribution >= 0.6 is 0 Å². The molecule has 2 aromatic rings. The van der Waals surface area contributed by atoms with E-state index in [1.54, 1.807) is 0 Å². The van der Waals surface area contributed by atoms with Crippen LogP contribution < -0.4 is 8.92 Å². The van der Waals surface area contributed by atoms with Crippen molar-refractivity contribution in [3.8, 4) is 0 Å². The fourth-order valence-corrected chi connectivity index (χ4v) is 2.99. The van der Waals surface area contributed by atoms with E-state index in [4.69, 9.17) is 0 Å². The van der Waals surface area contributed by atoms with Crippen LogP contribution in [0.4, 0.5) is 0 Å². The fraction of sp³-hybridized carbons (Fsp3) is 0.0769. The van der Waals surface area contributed by atoms with Crippen LogP contribution in [0.15, 0.2) is 54.6 Å². The molecule has 0 saturated heterocycles. The zero-order valence-electron chi connectivity index (χ0n) is 8.10. The molecular formula is C13H12Se. The van der Waals surface area contributed by atoms with Crippen molar-refractivity contribution in [1.82, 2.24) is 0 Å². The molecule has 0 fully saturated rings. The Morgan fingerprint density at radius 3 is 1.93 bits per heavy atom. The summed E-state index contributed by atoms with van der Waals surface area (Å²) in [4.78, 5) is 0. The van der Waals surface area contributed by atoms with Gasteiger partial charge in [-0.15, -0.1) is 0 Å². The quantitative estimate of drug-likeness (QED) is 0.708. The Balaban J connectivity index is 2.16. The van der Waals surface area contributed by atoms with Crippen LogP contribution in [0.3, 0.4) is 0 Å². The summed E-state index contributed by atoms with van der Waals surface area (Å²) < 4.78 is 2.87. The molecule has 0 aromatic heterocycles. The van der Waals surface area contributed by atoms with E-state index in [2.05, 4.69) is 61.5 Å². The summed E-state index contributed by atoms with van der Waals surface area (Å²) in [6.07, 6.45) is 0. The maximum atomic E-state index is 2.22. The Kier molecular flexibility index (Phi) is 3.03. The third kappa shape index (κ3) is 2.47. The molecule has 1 heteroatoms. The van der Waals surface area contributed by atoms with E-state index in [1.807, 2.05) is 0 Å². The maximum absolute atomic E-state index is 2.22. The summed E-state index contributed by atoms with van der Waals surface area (Å²) in [5, 5.41) is 0. The van der Waals surface area contributed by atoms with Gasteiger partial charge in [-0.05, 0) is 0 Å². The average molecular weight is 247 g/mol. The van der Waals surface area contributed by atoms with Gasteiger partial charge in [-0.2, -0.15) is 0 Å². The molecule has 0 aliphatic rings. The second kappa shape index (κ2) is 4.45. The van der Waals surface area contributed by atoms with Gasteiger partial charge in [0, 0.05) is 0 Å². The van der Waals surface area contributed by atoms with E-state index in [1.165, 1.54) is 14.5 Å². The number of hydrogen-bond acceptors (Lipinski definition) is 0. The van der Waals surface area contributed by atoms with Crippen LogP contribution in [0, 0.1) is 6.92 Å². The van der Waals surface area contributed by atoms with Crippen molar-refractivity contribution in [3.63, 3.8) is 0 Å². The third-order valence-corrected chi connectivity index (χ3v) is 4.13. The first-order valence-electron chi connectivity index (χ1n) is 4.64. The van der Waals surface area contributed by atoms with Crippen molar-refractivity contribution < 1.29 is 0 Å². The van der Waals surface area contributed by atoms with E-state index < -0.39 is 0 Å². The zero-order chi connectivity index (χ0) is 9.80. The summed E-state index contributed by atoms with van der Waals surface area (Å²) in [5.74, 6) is 0. The SMILES string of the molecule is Cc1ccc([Se]c2ccccc2)cc1. The minimum absolute atomic E-state index is 0.453. The Hall–Kier alpha value is -1.04. The summed E-state index contributed by atoms with van der Waals surface area (Å²) in [5.41, 5.74) is 1.33. The Morgan fingerprint density at radius 2 is 1.29 bits per heavy atom. The molecule has 14 heavy (non-hydrogen) atoms. The topological polar surface area (TPSA) is 0 Å². The van der Waals surface area contributed by atoms with Gasteiger partial charge in [-0.25, -0.2) is 0 Å². The van der Waals surface area contributed by atoms with Crippen molar-refractivity contribution >= 4 is 23.9 Å². The molecule has 0 heterocycles. The van der Waals surface area contributed by atoms with E-state index in [0.29, 0.717) is 15.0 Å². The first-order valence-corrected chi connectivity index (χ1v) is 6.35. The van der Waals surface area contributed by atoms with Crippen LogP contribution in [0.25, 0.3) is 0 Å². The molecule has 0 aliphatic carbocycles. The number of aryl methyl sites for hydroxylation is 1. The van der Waals surface area contributed by atoms with Crippen LogP contribution in [-0.2, 0) is 0 Å². The van der Waals surface area contributed by atoms with Gasteiger partial charge in [-0.1, -0.05) is 0 Å². The van der Waals surface area contributed by atoms with Crippen LogP contribution in [0.5, 0.6) is 0 Å². The van der Waals surface area contributed by atoms with Gasteiger partial charge in [0.1, 0.15) is 0 Å². The Morgan fingerprint density at radius 1 is 0.714 bits per heavy atom. The first kappa shape index (κ1) is 9.51. The fourth-order valence-electron chi connectivity index (χ4n) is 1.23. The molecule has 2 aromatic carbocycles. The first-order chi connectivity index (χ1) is 6.84. The monoisotopic (exact) mass is 248 g/mol. The van der Waals surface area contributed by atoms with Gasteiger partial charge in [-0.3, -0.25) is 0 Å². The molecule has 0 saturated carbocycles. The van der Waals surface area contributed by atoms with E-state index in [9.17, 15) is 0 Å². The number of rotatable bonds is 2. The van der Waals surface area contributed by atoms with Crippen molar-refractivity contribution in [3.05, 3.63) is 60.2 Å². The number of hydrogen-bond donors (Lipinski definition) is 0. The van der Waals surface area contributed by atoms with Gasteiger partial charge in [0.05, 0.1) is 0 Å². The molecule has 70 valence electrons. The van der Waals surface area contributed by atoms with Crippen molar-refractivity contribution in [2.75, 3.05) is 0 Å². The van der Waals surface area contributed by atoms with Gasteiger partial charge in [0.25, 0.3) is 0 Å². The summed E-state index contributed by atoms with van der Waals surface area (Å²) >= 11 is 0.453. The van der Waals surface area contributed by atoms with Crippen LogP contribution in [0.1, 0.15) is 5.56 Å². The third-order valence-electron chi connectivity index (χ3n) is 2.00. The van der Waals surface area contributed by atoms with Crippen molar-refractivity contribution in [2.24, 2.45) is 0 Å². The molecule has 0 radical (unpaired) electrons. The van der Waals surface area contributed by atoms with E-state index >= 15 is 0 Å². The van der Waals surface area contributed by atoms with Crippen molar-refractivity contribution in [2.45, 2.75) is 6.92 Å². The van der Waals surface area contributed by atoms with Crippen LogP contribution in [-0.4, -0.2) is 15.0 Å². The molecule has 0 atom stereocenters. The van der Waals surface area contributed by atoms with Gasteiger partial charge < -0.3 is 0 Å². The predicted octanol–water partition coefficient (Wildman–Crippen LogP) is 1.65. The normalized spacial score (nSPS) is 10.1. The zero-order valence-corrected chi connectivity index (χ0v) is 9.82. The molecule has 0 spiro atoms. The van der Waals surface area contributed by atoms with E-state index in [0.717, 1.165) is 0 Å². The molecule has 0 N–H and O–H groups in total. The molecule has 0 unspecified atom stereocenters. The Labute approximate surface area is 91.1 Å². The van der Waals surface area contributed by atoms with E-state index in [-0.39, 0.29) is 0 Å². The second-order valence-electron chi connectivity index (χ2n) is 3.23. The standard InChI is InChI=1S/C13H12Se/c1-11-7-9-13(10-8-11)14-12-5-3-2-4-6-12/h2-10H,1H3. The summed E-state index contributed by atoms with van der Waals surface area (Å²) in [6, 6.07) is 19.5. The average Bonchev–Trinajstić information content (AvgIpc) is 2.23. The second-order valence-corrected chi connectivity index (χ2v) is 5.63. The molecule has 0 bridgehead atoms. The molecule has 0 aliphatic heterocycles. The van der Waals surface area contributed by atoms with Crippen molar-refractivity contribution in [1.29, 1.82) is 0 Å². The Bertz CT molecular complexity index is 389. The van der Waals surface area contributed by atoms with Gasteiger partial charge in [0.2, 0.25) is 0 Å². The summed E-state index contributed by atoms with van der Waals surface area (Å²) in [6.45, 7) is 2.12. The molecule has 2 rings (SSSR count). The predicted molar refractivity (Wildman–Crippen MR) is 62.6 cm³/mol. The summed E-state index contributed by atoms with van der Waals surface area (Å²) in [7, 11) is 0. The number of benzene rings is 2. The molecule has 0 nitrogen and oxygen atoms in total. The van der Waals surface area contributed by atoms with Crippen LogP contribution in [0.2, 0.25) is 0 Å². The minimum atomic E-state index is 0.453. The molecular weight excluding hydrogens is 235 g/mol.